The Balaban J connectivity index is 1.74. The van der Waals surface area contributed by atoms with E-state index in [9.17, 15) is 18.0 Å². The molecule has 140 valence electrons. The zero-order valence-corrected chi connectivity index (χ0v) is 15.4. The van der Waals surface area contributed by atoms with Crippen molar-refractivity contribution in [3.05, 3.63) is 40.7 Å². The van der Waals surface area contributed by atoms with Crippen LogP contribution in [-0.4, -0.2) is 69.0 Å². The van der Waals surface area contributed by atoms with Crippen molar-refractivity contribution in [3.8, 4) is 0 Å². The fourth-order valence-corrected chi connectivity index (χ4v) is 4.21. The van der Waals surface area contributed by atoms with E-state index in [1.54, 1.807) is 16.5 Å². The Morgan fingerprint density at radius 3 is 2.54 bits per heavy atom. The predicted molar refractivity (Wildman–Crippen MR) is 92.0 cm³/mol. The van der Waals surface area contributed by atoms with Crippen molar-refractivity contribution in [1.82, 2.24) is 28.5 Å². The van der Waals surface area contributed by atoms with Crippen LogP contribution in [0.2, 0.25) is 0 Å². The molecule has 1 aliphatic rings. The Kier molecular flexibility index (Phi) is 4.92. The molecule has 0 atom stereocenters. The van der Waals surface area contributed by atoms with Crippen LogP contribution in [0, 0.1) is 0 Å². The summed E-state index contributed by atoms with van der Waals surface area (Å²) in [7, 11) is -0.510. The van der Waals surface area contributed by atoms with Gasteiger partial charge in [-0.05, 0) is 12.5 Å². The van der Waals surface area contributed by atoms with Gasteiger partial charge in [-0.1, -0.05) is 0 Å². The van der Waals surface area contributed by atoms with Gasteiger partial charge in [-0.25, -0.2) is 18.1 Å². The lowest BCUT2D eigenvalue weighted by Crippen LogP contribution is -2.38. The molecule has 0 saturated carbocycles. The molecule has 1 aliphatic heterocycles. The van der Waals surface area contributed by atoms with E-state index in [4.69, 9.17) is 0 Å². The standard InChI is InChI=1S/C15H20N6O4S/c1-18-10-13(16-11-18)26(24,25)21-7-3-6-20(8-9-21)15(23)12-4-5-14(22)19(2)17-12/h4-5,10-11H,3,6-9H2,1-2H3. The smallest absolute Gasteiger partial charge is 0.274 e. The summed E-state index contributed by atoms with van der Waals surface area (Å²) in [5.41, 5.74) is -0.141. The summed E-state index contributed by atoms with van der Waals surface area (Å²) in [4.78, 5) is 29.5. The van der Waals surface area contributed by atoms with E-state index in [1.165, 1.54) is 36.0 Å². The molecular weight excluding hydrogens is 360 g/mol. The second kappa shape index (κ2) is 7.00. The molecule has 2 aromatic heterocycles. The Hall–Kier alpha value is -2.53. The fraction of sp³-hybridized carbons (Fsp3) is 0.467. The highest BCUT2D eigenvalue weighted by molar-refractivity contribution is 7.89. The molecule has 1 fully saturated rings. The van der Waals surface area contributed by atoms with Crippen molar-refractivity contribution in [2.24, 2.45) is 14.1 Å². The fourth-order valence-electron chi connectivity index (χ4n) is 2.77. The number of carbonyl (C=O) groups excluding carboxylic acids is 1. The Morgan fingerprint density at radius 2 is 1.88 bits per heavy atom. The number of sulfonamides is 1. The number of aromatic nitrogens is 4. The topological polar surface area (TPSA) is 110 Å². The summed E-state index contributed by atoms with van der Waals surface area (Å²) in [5.74, 6) is -0.322. The number of hydrogen-bond donors (Lipinski definition) is 0. The Bertz CT molecular complexity index is 980. The van der Waals surface area contributed by atoms with Crippen LogP contribution in [0.15, 0.2) is 34.5 Å². The van der Waals surface area contributed by atoms with E-state index in [0.29, 0.717) is 19.5 Å². The minimum Gasteiger partial charge on any atom is -0.339 e. The van der Waals surface area contributed by atoms with Crippen LogP contribution in [0.3, 0.4) is 0 Å². The molecule has 0 bridgehead atoms. The maximum atomic E-state index is 12.7. The SMILES string of the molecule is Cn1cnc(S(=O)(=O)N2CCCN(C(=O)c3ccc(=O)n(C)n3)CC2)c1. The normalized spacial score (nSPS) is 16.5. The number of hydrogen-bond acceptors (Lipinski definition) is 6. The average Bonchev–Trinajstić information content (AvgIpc) is 2.90. The average molecular weight is 380 g/mol. The van der Waals surface area contributed by atoms with Crippen LogP contribution in [-0.2, 0) is 24.1 Å². The van der Waals surface area contributed by atoms with E-state index >= 15 is 0 Å². The number of carbonyl (C=O) groups is 1. The van der Waals surface area contributed by atoms with Crippen LogP contribution >= 0.6 is 0 Å². The van der Waals surface area contributed by atoms with E-state index in [2.05, 4.69) is 10.1 Å². The van der Waals surface area contributed by atoms with Crippen molar-refractivity contribution in [3.63, 3.8) is 0 Å². The molecule has 26 heavy (non-hydrogen) atoms. The van der Waals surface area contributed by atoms with Gasteiger partial charge in [0.05, 0.1) is 6.33 Å². The minimum atomic E-state index is -3.69. The molecule has 0 aromatic carbocycles. The number of nitrogens with zero attached hydrogens (tertiary/aromatic N) is 6. The van der Waals surface area contributed by atoms with Gasteiger partial charge >= 0.3 is 0 Å². The van der Waals surface area contributed by atoms with Crippen molar-refractivity contribution in [2.45, 2.75) is 11.4 Å². The van der Waals surface area contributed by atoms with E-state index < -0.39 is 10.0 Å². The van der Waals surface area contributed by atoms with Crippen LogP contribution < -0.4 is 5.56 Å². The molecule has 2 aromatic rings. The molecule has 3 heterocycles. The van der Waals surface area contributed by atoms with Crippen LogP contribution in [0.1, 0.15) is 16.9 Å². The van der Waals surface area contributed by atoms with Gasteiger partial charge in [0.25, 0.3) is 21.5 Å². The lowest BCUT2D eigenvalue weighted by molar-refractivity contribution is 0.0755. The molecule has 0 radical (unpaired) electrons. The van der Waals surface area contributed by atoms with E-state index in [-0.39, 0.29) is 35.3 Å². The number of aryl methyl sites for hydroxylation is 2. The molecule has 0 N–H and O–H groups in total. The molecule has 10 nitrogen and oxygen atoms in total. The quantitative estimate of drug-likeness (QED) is 0.679. The lowest BCUT2D eigenvalue weighted by atomic mass is 10.3. The summed E-state index contributed by atoms with van der Waals surface area (Å²) >= 11 is 0. The highest BCUT2D eigenvalue weighted by Crippen LogP contribution is 2.16. The third-order valence-electron chi connectivity index (χ3n) is 4.21. The third kappa shape index (κ3) is 3.53. The first kappa shape index (κ1) is 18.3. The Morgan fingerprint density at radius 1 is 1.12 bits per heavy atom. The zero-order valence-electron chi connectivity index (χ0n) is 14.6. The van der Waals surface area contributed by atoms with Crippen molar-refractivity contribution in [1.29, 1.82) is 0 Å². The molecule has 3 rings (SSSR count). The number of rotatable bonds is 3. The van der Waals surface area contributed by atoms with E-state index in [0.717, 1.165) is 4.68 Å². The maximum absolute atomic E-state index is 12.7. The molecule has 0 unspecified atom stereocenters. The van der Waals surface area contributed by atoms with Crippen molar-refractivity contribution in [2.75, 3.05) is 26.2 Å². The van der Waals surface area contributed by atoms with Gasteiger partial charge in [-0.3, -0.25) is 9.59 Å². The first-order valence-corrected chi connectivity index (χ1v) is 9.55. The molecule has 1 amide bonds. The van der Waals surface area contributed by atoms with Crippen LogP contribution in [0.4, 0.5) is 0 Å². The molecular formula is C15H20N6O4S. The van der Waals surface area contributed by atoms with Crippen molar-refractivity contribution >= 4 is 15.9 Å². The summed E-state index contributed by atoms with van der Waals surface area (Å²) in [6.45, 7) is 1.15. The highest BCUT2D eigenvalue weighted by Gasteiger charge is 2.30. The number of imidazole rings is 1. The molecule has 11 heteroatoms. The highest BCUT2D eigenvalue weighted by atomic mass is 32.2. The van der Waals surface area contributed by atoms with Gasteiger partial charge in [0.2, 0.25) is 0 Å². The summed E-state index contributed by atoms with van der Waals surface area (Å²) in [5, 5.41) is 3.96. The monoisotopic (exact) mass is 380 g/mol. The second-order valence-electron chi connectivity index (χ2n) is 6.11. The first-order valence-electron chi connectivity index (χ1n) is 8.11. The van der Waals surface area contributed by atoms with E-state index in [1.807, 2.05) is 0 Å². The third-order valence-corrected chi connectivity index (χ3v) is 5.99. The van der Waals surface area contributed by atoms with Gasteiger partial charge in [-0.15, -0.1) is 0 Å². The van der Waals surface area contributed by atoms with Gasteiger partial charge < -0.3 is 9.47 Å². The predicted octanol–water partition coefficient (Wildman–Crippen LogP) is -0.949. The summed E-state index contributed by atoms with van der Waals surface area (Å²) < 4.78 is 29.4. The second-order valence-corrected chi connectivity index (χ2v) is 7.99. The summed E-state index contributed by atoms with van der Waals surface area (Å²) in [6, 6.07) is 2.67. The minimum absolute atomic E-state index is 0.000461. The van der Waals surface area contributed by atoms with Crippen molar-refractivity contribution < 1.29 is 13.2 Å². The lowest BCUT2D eigenvalue weighted by Gasteiger charge is -2.21. The summed E-state index contributed by atoms with van der Waals surface area (Å²) in [6.07, 6.45) is 3.40. The Labute approximate surface area is 150 Å². The van der Waals surface area contributed by atoms with Crippen LogP contribution in [0.5, 0.6) is 0 Å². The number of amides is 1. The van der Waals surface area contributed by atoms with Gasteiger partial charge in [-0.2, -0.15) is 9.40 Å². The zero-order chi connectivity index (χ0) is 18.9. The van der Waals surface area contributed by atoms with Gasteiger partial charge in [0.1, 0.15) is 5.69 Å². The first-order chi connectivity index (χ1) is 12.3. The molecule has 0 spiro atoms. The molecule has 0 aliphatic carbocycles. The molecule has 1 saturated heterocycles. The van der Waals surface area contributed by atoms with Crippen LogP contribution in [0.25, 0.3) is 0 Å². The largest absolute Gasteiger partial charge is 0.339 e. The van der Waals surface area contributed by atoms with Gasteiger partial charge in [0, 0.05) is 52.5 Å². The van der Waals surface area contributed by atoms with Gasteiger partial charge in [0.15, 0.2) is 5.03 Å². The maximum Gasteiger partial charge on any atom is 0.274 e.